The van der Waals surface area contributed by atoms with Gasteiger partial charge in [-0.15, -0.1) is 11.8 Å². The van der Waals surface area contributed by atoms with Crippen LogP contribution in [0.2, 0.25) is 0 Å². The van der Waals surface area contributed by atoms with Gasteiger partial charge in [-0.05, 0) is 12.3 Å². The topological polar surface area (TPSA) is 83.8 Å². The summed E-state index contributed by atoms with van der Waals surface area (Å²) in [6.45, 7) is 0. The zero-order valence-electron chi connectivity index (χ0n) is 10.3. The number of carboxylic acids is 1. The van der Waals surface area contributed by atoms with Gasteiger partial charge in [0.2, 0.25) is 5.95 Å². The van der Waals surface area contributed by atoms with Gasteiger partial charge in [-0.2, -0.15) is 5.10 Å². The van der Waals surface area contributed by atoms with Crippen LogP contribution in [0, 0.1) is 5.82 Å². The smallest absolute Gasteiger partial charge is 0.338 e. The van der Waals surface area contributed by atoms with E-state index in [9.17, 15) is 9.18 Å². The molecule has 0 fully saturated rings. The first-order chi connectivity index (χ1) is 9.58. The maximum atomic E-state index is 13.7. The van der Waals surface area contributed by atoms with E-state index in [-0.39, 0.29) is 11.4 Å². The van der Waals surface area contributed by atoms with Crippen molar-refractivity contribution >= 4 is 28.8 Å². The van der Waals surface area contributed by atoms with E-state index in [2.05, 4.69) is 15.1 Å². The first-order valence-corrected chi connectivity index (χ1v) is 6.82. The second kappa shape index (κ2) is 4.64. The van der Waals surface area contributed by atoms with Crippen LogP contribution < -0.4 is 0 Å². The molecule has 102 valence electrons. The summed E-state index contributed by atoms with van der Waals surface area (Å²) >= 11 is 1.29. The summed E-state index contributed by atoms with van der Waals surface area (Å²) in [5.41, 5.74) is 1.18. The van der Waals surface area contributed by atoms with E-state index in [0.717, 1.165) is 0 Å². The van der Waals surface area contributed by atoms with Crippen LogP contribution in [-0.2, 0) is 0 Å². The lowest BCUT2D eigenvalue weighted by molar-refractivity contribution is 0.0697. The van der Waals surface area contributed by atoms with E-state index < -0.39 is 5.97 Å². The average Bonchev–Trinajstić information content (AvgIpc) is 3.03. The molecule has 1 aromatic carbocycles. The molecule has 0 saturated heterocycles. The SMILES string of the molecule is CSc1cc2nc(-n3cc(C(=O)O)cn3)[nH]c2cc1F. The number of nitrogens with one attached hydrogen (secondary N) is 1. The Balaban J connectivity index is 2.10. The summed E-state index contributed by atoms with van der Waals surface area (Å²) in [6.07, 6.45) is 4.35. The number of aromatic carboxylic acids is 1. The second-order valence-electron chi connectivity index (χ2n) is 4.04. The number of aromatic nitrogens is 4. The minimum absolute atomic E-state index is 0.0569. The molecule has 0 spiro atoms. The van der Waals surface area contributed by atoms with Crippen LogP contribution in [0.25, 0.3) is 17.0 Å². The molecule has 0 amide bonds. The molecule has 0 unspecified atom stereocenters. The number of fused-ring (bicyclic) bond motifs is 1. The van der Waals surface area contributed by atoms with Gasteiger partial charge in [0.1, 0.15) is 5.82 Å². The van der Waals surface area contributed by atoms with Crippen LogP contribution >= 0.6 is 11.8 Å². The maximum absolute atomic E-state index is 13.7. The van der Waals surface area contributed by atoms with Gasteiger partial charge in [-0.1, -0.05) is 0 Å². The number of halogens is 1. The van der Waals surface area contributed by atoms with E-state index in [0.29, 0.717) is 21.9 Å². The maximum Gasteiger partial charge on any atom is 0.338 e. The van der Waals surface area contributed by atoms with Gasteiger partial charge in [-0.25, -0.2) is 18.9 Å². The molecule has 0 radical (unpaired) electrons. The molecule has 0 aliphatic rings. The van der Waals surface area contributed by atoms with Crippen molar-refractivity contribution < 1.29 is 14.3 Å². The summed E-state index contributed by atoms with van der Waals surface area (Å²) < 4.78 is 15.0. The van der Waals surface area contributed by atoms with Gasteiger partial charge < -0.3 is 10.1 Å². The Morgan fingerprint density at radius 2 is 2.30 bits per heavy atom. The number of benzene rings is 1. The number of nitrogens with zero attached hydrogens (tertiary/aromatic N) is 3. The molecule has 3 aromatic rings. The minimum atomic E-state index is -1.07. The van der Waals surface area contributed by atoms with E-state index in [4.69, 9.17) is 5.11 Å². The Kier molecular flexibility index (Phi) is 2.94. The highest BCUT2D eigenvalue weighted by molar-refractivity contribution is 7.98. The molecule has 2 aromatic heterocycles. The van der Waals surface area contributed by atoms with Crippen LogP contribution in [0.4, 0.5) is 4.39 Å². The molecule has 20 heavy (non-hydrogen) atoms. The quantitative estimate of drug-likeness (QED) is 0.724. The summed E-state index contributed by atoms with van der Waals surface area (Å²) in [5.74, 6) is -1.06. The van der Waals surface area contributed by atoms with Gasteiger partial charge >= 0.3 is 5.97 Å². The molecule has 8 heteroatoms. The molecule has 0 atom stereocenters. The van der Waals surface area contributed by atoms with E-state index in [1.165, 1.54) is 34.9 Å². The summed E-state index contributed by atoms with van der Waals surface area (Å²) in [7, 11) is 0. The third-order valence-corrected chi connectivity index (χ3v) is 3.54. The van der Waals surface area contributed by atoms with Crippen molar-refractivity contribution in [2.24, 2.45) is 0 Å². The fourth-order valence-electron chi connectivity index (χ4n) is 1.81. The normalized spacial score (nSPS) is 11.1. The number of carbonyl (C=O) groups is 1. The summed E-state index contributed by atoms with van der Waals surface area (Å²) in [5, 5.41) is 12.8. The van der Waals surface area contributed by atoms with Crippen molar-refractivity contribution in [1.29, 1.82) is 0 Å². The first kappa shape index (κ1) is 12.7. The van der Waals surface area contributed by atoms with Crippen molar-refractivity contribution in [3.8, 4) is 5.95 Å². The van der Waals surface area contributed by atoms with Gasteiger partial charge in [-0.3, -0.25) is 0 Å². The van der Waals surface area contributed by atoms with Crippen LogP contribution in [0.15, 0.2) is 29.4 Å². The van der Waals surface area contributed by atoms with Crippen molar-refractivity contribution in [1.82, 2.24) is 19.7 Å². The van der Waals surface area contributed by atoms with Crippen molar-refractivity contribution in [3.63, 3.8) is 0 Å². The Labute approximate surface area is 116 Å². The number of thioether (sulfide) groups is 1. The van der Waals surface area contributed by atoms with Gasteiger partial charge in [0.05, 0.1) is 22.8 Å². The van der Waals surface area contributed by atoms with E-state index in [1.807, 2.05) is 0 Å². The summed E-state index contributed by atoms with van der Waals surface area (Å²) in [6, 6.07) is 3.00. The lowest BCUT2D eigenvalue weighted by Crippen LogP contribution is -1.97. The lowest BCUT2D eigenvalue weighted by Gasteiger charge is -1.97. The number of H-pyrrole nitrogens is 1. The van der Waals surface area contributed by atoms with E-state index >= 15 is 0 Å². The van der Waals surface area contributed by atoms with Gasteiger partial charge in [0.25, 0.3) is 0 Å². The van der Waals surface area contributed by atoms with Crippen LogP contribution in [0.1, 0.15) is 10.4 Å². The molecular weight excluding hydrogens is 283 g/mol. The Bertz CT molecular complexity index is 811. The molecule has 0 bridgehead atoms. The standard InChI is InChI=1S/C12H9FN4O2S/c1-20-10-3-9-8(2-7(10)13)15-12(16-9)17-5-6(4-14-17)11(18)19/h2-5H,1H3,(H,15,16)(H,18,19). The molecule has 0 aliphatic carbocycles. The van der Waals surface area contributed by atoms with Crippen LogP contribution in [0.3, 0.4) is 0 Å². The Morgan fingerprint density at radius 3 is 2.95 bits per heavy atom. The molecular formula is C12H9FN4O2S. The van der Waals surface area contributed by atoms with Gasteiger partial charge in [0.15, 0.2) is 0 Å². The largest absolute Gasteiger partial charge is 0.478 e. The molecule has 0 aliphatic heterocycles. The number of imidazole rings is 1. The van der Waals surface area contributed by atoms with Crippen molar-refractivity contribution in [2.45, 2.75) is 4.90 Å². The molecule has 2 N–H and O–H groups in total. The number of rotatable bonds is 3. The van der Waals surface area contributed by atoms with Crippen LogP contribution in [0.5, 0.6) is 0 Å². The Hall–Kier alpha value is -2.35. The number of hydrogen-bond acceptors (Lipinski definition) is 4. The lowest BCUT2D eigenvalue weighted by atomic mass is 10.3. The second-order valence-corrected chi connectivity index (χ2v) is 4.89. The predicted octanol–water partition coefficient (Wildman–Crippen LogP) is 2.31. The average molecular weight is 292 g/mol. The number of aromatic amines is 1. The highest BCUT2D eigenvalue weighted by Crippen LogP contribution is 2.24. The third-order valence-electron chi connectivity index (χ3n) is 2.79. The zero-order chi connectivity index (χ0) is 14.3. The van der Waals surface area contributed by atoms with Crippen molar-refractivity contribution in [2.75, 3.05) is 6.26 Å². The summed E-state index contributed by atoms with van der Waals surface area (Å²) in [4.78, 5) is 18.5. The zero-order valence-corrected chi connectivity index (χ0v) is 11.1. The Morgan fingerprint density at radius 1 is 1.50 bits per heavy atom. The number of hydrogen-bond donors (Lipinski definition) is 2. The predicted molar refractivity (Wildman–Crippen MR) is 71.9 cm³/mol. The fraction of sp³-hybridized carbons (Fsp3) is 0.0833. The first-order valence-electron chi connectivity index (χ1n) is 5.60. The molecule has 6 nitrogen and oxygen atoms in total. The van der Waals surface area contributed by atoms with Crippen LogP contribution in [-0.4, -0.2) is 37.1 Å². The highest BCUT2D eigenvalue weighted by atomic mass is 32.2. The molecule has 3 rings (SSSR count). The highest BCUT2D eigenvalue weighted by Gasteiger charge is 2.12. The minimum Gasteiger partial charge on any atom is -0.478 e. The van der Waals surface area contributed by atoms with E-state index in [1.54, 1.807) is 12.3 Å². The molecule has 2 heterocycles. The van der Waals surface area contributed by atoms with Crippen molar-refractivity contribution in [3.05, 3.63) is 35.9 Å². The molecule has 0 saturated carbocycles. The fourth-order valence-corrected chi connectivity index (χ4v) is 2.30. The monoisotopic (exact) mass is 292 g/mol. The third kappa shape index (κ3) is 2.03. The van der Waals surface area contributed by atoms with Gasteiger partial charge in [0, 0.05) is 17.2 Å². The number of carboxylic acid groups (broad SMARTS) is 1.